The summed E-state index contributed by atoms with van der Waals surface area (Å²) in [4.78, 5) is 15.8. The van der Waals surface area contributed by atoms with Gasteiger partial charge in [-0.05, 0) is 44.1 Å². The number of aromatic nitrogens is 2. The van der Waals surface area contributed by atoms with Gasteiger partial charge in [0.15, 0.2) is 5.82 Å². The normalized spacial score (nSPS) is 22.4. The van der Waals surface area contributed by atoms with Gasteiger partial charge in [0.25, 0.3) is 0 Å². The van der Waals surface area contributed by atoms with E-state index in [1.807, 2.05) is 18.2 Å². The number of nitrogens with one attached hydrogen (secondary N) is 2. The minimum Gasteiger partial charge on any atom is -0.381 e. The third kappa shape index (κ3) is 3.78. The molecule has 2 N–H and O–H groups in total. The third-order valence-electron chi connectivity index (χ3n) is 6.86. The predicted molar refractivity (Wildman–Crippen MR) is 112 cm³/mol. The lowest BCUT2D eigenvalue weighted by Crippen LogP contribution is -2.53. The van der Waals surface area contributed by atoms with Crippen molar-refractivity contribution in [3.8, 4) is 0 Å². The van der Waals surface area contributed by atoms with Gasteiger partial charge in [-0.15, -0.1) is 0 Å². The Morgan fingerprint density at radius 1 is 1.10 bits per heavy atom. The van der Waals surface area contributed by atoms with Crippen molar-refractivity contribution < 1.29 is 9.53 Å². The molecule has 0 atom stereocenters. The number of nitrogens with zero attached hydrogens (tertiary/aromatic N) is 2. The van der Waals surface area contributed by atoms with Crippen molar-refractivity contribution in [2.75, 3.05) is 31.2 Å². The largest absolute Gasteiger partial charge is 0.381 e. The van der Waals surface area contributed by atoms with Crippen LogP contribution in [0.4, 0.5) is 5.82 Å². The fraction of sp³-hybridized carbons (Fsp3) is 0.565. The molecule has 1 amide bonds. The number of H-pyrrole nitrogens is 1. The van der Waals surface area contributed by atoms with Crippen molar-refractivity contribution in [2.24, 2.45) is 0 Å². The lowest BCUT2D eigenvalue weighted by Gasteiger charge is -2.39. The summed E-state index contributed by atoms with van der Waals surface area (Å²) in [5.41, 5.74) is 1.93. The molecular weight excluding hydrogens is 364 g/mol. The number of anilines is 1. The Balaban J connectivity index is 1.22. The number of aromatic amines is 1. The van der Waals surface area contributed by atoms with Crippen molar-refractivity contribution in [3.63, 3.8) is 0 Å². The zero-order valence-corrected chi connectivity index (χ0v) is 16.9. The van der Waals surface area contributed by atoms with E-state index < -0.39 is 5.41 Å². The van der Waals surface area contributed by atoms with Gasteiger partial charge in [0, 0.05) is 50.0 Å². The molecule has 0 spiro atoms. The standard InChI is InChI=1S/C23H30N4O2/c28-22(23(10-14-29-15-11-23)18-4-2-1-3-5-18)24-19-8-12-27(13-9-19)21-16-20(25-26-21)17-6-7-17/h1-5,16-17,19H,6-15H2,(H,24,28)(H,25,26). The molecule has 2 aromatic rings. The average Bonchev–Trinajstić information content (AvgIpc) is 3.52. The lowest BCUT2D eigenvalue weighted by molar-refractivity contribution is -0.131. The molecule has 29 heavy (non-hydrogen) atoms. The molecule has 6 heteroatoms. The maximum Gasteiger partial charge on any atom is 0.231 e. The molecule has 3 aliphatic rings. The van der Waals surface area contributed by atoms with Crippen LogP contribution in [-0.2, 0) is 14.9 Å². The fourth-order valence-corrected chi connectivity index (χ4v) is 4.79. The second-order valence-electron chi connectivity index (χ2n) is 8.75. The van der Waals surface area contributed by atoms with Gasteiger partial charge in [-0.1, -0.05) is 30.3 Å². The van der Waals surface area contributed by atoms with E-state index in [2.05, 4.69) is 38.6 Å². The second-order valence-corrected chi connectivity index (χ2v) is 8.75. The Morgan fingerprint density at radius 2 is 1.83 bits per heavy atom. The summed E-state index contributed by atoms with van der Waals surface area (Å²) >= 11 is 0. The Kier molecular flexibility index (Phi) is 5.04. The van der Waals surface area contributed by atoms with Crippen molar-refractivity contribution in [1.82, 2.24) is 15.5 Å². The van der Waals surface area contributed by atoms with Gasteiger partial charge in [0.1, 0.15) is 0 Å². The van der Waals surface area contributed by atoms with E-state index in [1.165, 1.54) is 18.5 Å². The van der Waals surface area contributed by atoms with Crippen LogP contribution in [0.5, 0.6) is 0 Å². The molecule has 0 unspecified atom stereocenters. The number of piperidine rings is 1. The van der Waals surface area contributed by atoms with Gasteiger partial charge in [0.2, 0.25) is 5.91 Å². The van der Waals surface area contributed by atoms with Crippen molar-refractivity contribution in [1.29, 1.82) is 0 Å². The minimum atomic E-state index is -0.460. The molecule has 0 bridgehead atoms. The van der Waals surface area contributed by atoms with E-state index in [0.717, 1.165) is 50.2 Å². The summed E-state index contributed by atoms with van der Waals surface area (Å²) in [6.07, 6.45) is 5.98. The third-order valence-corrected chi connectivity index (χ3v) is 6.86. The van der Waals surface area contributed by atoms with E-state index >= 15 is 0 Å². The quantitative estimate of drug-likeness (QED) is 0.818. The first-order valence-corrected chi connectivity index (χ1v) is 11.0. The molecule has 1 aromatic carbocycles. The highest BCUT2D eigenvalue weighted by atomic mass is 16.5. The van der Waals surface area contributed by atoms with Crippen molar-refractivity contribution in [2.45, 2.75) is 55.9 Å². The number of rotatable bonds is 5. The summed E-state index contributed by atoms with van der Waals surface area (Å²) in [5, 5.41) is 11.1. The lowest BCUT2D eigenvalue weighted by atomic mass is 9.73. The van der Waals surface area contributed by atoms with Crippen LogP contribution in [0.2, 0.25) is 0 Å². The van der Waals surface area contributed by atoms with Crippen LogP contribution in [0.15, 0.2) is 36.4 Å². The Morgan fingerprint density at radius 3 is 2.52 bits per heavy atom. The number of amides is 1. The highest BCUT2D eigenvalue weighted by molar-refractivity contribution is 5.88. The molecule has 154 valence electrons. The number of benzene rings is 1. The van der Waals surface area contributed by atoms with E-state index in [9.17, 15) is 4.79 Å². The first kappa shape index (κ1) is 18.7. The molecule has 3 heterocycles. The van der Waals surface area contributed by atoms with Gasteiger partial charge in [-0.25, -0.2) is 0 Å². The topological polar surface area (TPSA) is 70.2 Å². The summed E-state index contributed by atoms with van der Waals surface area (Å²) in [7, 11) is 0. The van der Waals surface area contributed by atoms with Crippen LogP contribution in [0.1, 0.15) is 55.7 Å². The Bertz CT molecular complexity index is 832. The van der Waals surface area contributed by atoms with Crippen molar-refractivity contribution in [3.05, 3.63) is 47.7 Å². The fourth-order valence-electron chi connectivity index (χ4n) is 4.79. The van der Waals surface area contributed by atoms with E-state index in [4.69, 9.17) is 4.74 Å². The first-order chi connectivity index (χ1) is 14.2. The number of carbonyl (C=O) groups is 1. The number of ether oxygens (including phenoxy) is 1. The number of hydrogen-bond acceptors (Lipinski definition) is 4. The molecule has 2 aliphatic heterocycles. The SMILES string of the molecule is O=C(NC1CCN(c2cc(C3CC3)[nH]n2)CC1)C1(c2ccccc2)CCOCC1. The molecular formula is C23H30N4O2. The highest BCUT2D eigenvalue weighted by Crippen LogP contribution is 2.40. The second kappa shape index (κ2) is 7.82. The molecule has 0 radical (unpaired) electrons. The summed E-state index contributed by atoms with van der Waals surface area (Å²) < 4.78 is 5.58. The molecule has 2 saturated heterocycles. The Hall–Kier alpha value is -2.34. The molecule has 1 aliphatic carbocycles. The number of hydrogen-bond donors (Lipinski definition) is 2. The monoisotopic (exact) mass is 394 g/mol. The Labute approximate surface area is 172 Å². The van der Waals surface area contributed by atoms with Crippen LogP contribution < -0.4 is 10.2 Å². The van der Waals surface area contributed by atoms with Crippen LogP contribution in [0, 0.1) is 0 Å². The zero-order chi connectivity index (χ0) is 19.7. The summed E-state index contributed by atoms with van der Waals surface area (Å²) in [6, 6.07) is 12.7. The zero-order valence-electron chi connectivity index (χ0n) is 16.9. The van der Waals surface area contributed by atoms with Gasteiger partial charge in [-0.2, -0.15) is 5.10 Å². The molecule has 5 rings (SSSR count). The predicted octanol–water partition coefficient (Wildman–Crippen LogP) is 3.12. The summed E-state index contributed by atoms with van der Waals surface area (Å²) in [5.74, 6) is 1.92. The van der Waals surface area contributed by atoms with E-state index in [1.54, 1.807) is 0 Å². The smallest absolute Gasteiger partial charge is 0.231 e. The molecule has 6 nitrogen and oxygen atoms in total. The maximum absolute atomic E-state index is 13.4. The van der Waals surface area contributed by atoms with Crippen LogP contribution in [0.25, 0.3) is 0 Å². The minimum absolute atomic E-state index is 0.168. The highest BCUT2D eigenvalue weighted by Gasteiger charge is 2.42. The van der Waals surface area contributed by atoms with E-state index in [-0.39, 0.29) is 11.9 Å². The first-order valence-electron chi connectivity index (χ1n) is 11.0. The van der Waals surface area contributed by atoms with Crippen LogP contribution in [0.3, 0.4) is 0 Å². The van der Waals surface area contributed by atoms with Crippen LogP contribution in [-0.4, -0.2) is 48.4 Å². The average molecular weight is 395 g/mol. The van der Waals surface area contributed by atoms with Gasteiger partial charge < -0.3 is 15.0 Å². The van der Waals surface area contributed by atoms with Crippen LogP contribution >= 0.6 is 0 Å². The summed E-state index contributed by atoms with van der Waals surface area (Å²) in [6.45, 7) is 3.15. The molecule has 1 aromatic heterocycles. The molecule has 3 fully saturated rings. The van der Waals surface area contributed by atoms with Gasteiger partial charge in [-0.3, -0.25) is 9.89 Å². The van der Waals surface area contributed by atoms with Gasteiger partial charge in [0.05, 0.1) is 5.41 Å². The van der Waals surface area contributed by atoms with E-state index in [0.29, 0.717) is 19.1 Å². The molecule has 1 saturated carbocycles. The van der Waals surface area contributed by atoms with Crippen molar-refractivity contribution >= 4 is 11.7 Å². The maximum atomic E-state index is 13.4. The number of carbonyl (C=O) groups excluding carboxylic acids is 1. The van der Waals surface area contributed by atoms with Gasteiger partial charge >= 0.3 is 0 Å².